The molecule has 2 aliphatic rings. The van der Waals surface area contributed by atoms with Crippen molar-refractivity contribution in [3.05, 3.63) is 146 Å². The van der Waals surface area contributed by atoms with Gasteiger partial charge >= 0.3 is 0 Å². The lowest BCUT2D eigenvalue weighted by molar-refractivity contribution is 0.0755. The number of fused-ring (bicyclic) bond motifs is 4. The molecule has 0 spiro atoms. The number of aromatic hydroxyl groups is 2. The molecule has 2 N–H and O–H groups in total. The van der Waals surface area contributed by atoms with Gasteiger partial charge < -0.3 is 33.9 Å². The average Bonchev–Trinajstić information content (AvgIpc) is 3.91. The predicted molar refractivity (Wildman–Crippen MR) is 299 cm³/mol. The summed E-state index contributed by atoms with van der Waals surface area (Å²) in [6, 6.07) is 24.3. The molecule has 0 radical (unpaired) electrons. The minimum Gasteiger partial charge on any atom is -0.543 e. The summed E-state index contributed by atoms with van der Waals surface area (Å²) in [5.74, 6) is 0.598. The van der Waals surface area contributed by atoms with Gasteiger partial charge in [0.1, 0.15) is 34.9 Å². The van der Waals surface area contributed by atoms with Crippen LogP contribution in [0.3, 0.4) is 0 Å². The van der Waals surface area contributed by atoms with Gasteiger partial charge in [0.05, 0.1) is 48.7 Å². The molecule has 2 amide bonds. The molecule has 0 saturated heterocycles. The molecule has 9 rings (SSSR count). The number of hydrogen-bond donors (Lipinski definition) is 2. The number of carbonyl (C=O) groups excluding carboxylic acids is 2. The molecule has 7 aromatic rings. The number of amides is 2. The first-order valence-corrected chi connectivity index (χ1v) is 31.2. The lowest BCUT2D eigenvalue weighted by Gasteiger charge is -2.37. The number of nitrogens with zero attached hydrogens (tertiary/aromatic N) is 6. The average molecular weight is 1130 g/mol. The van der Waals surface area contributed by atoms with E-state index < -0.39 is 34.3 Å². The molecule has 0 aliphatic carbocycles. The third-order valence-electron chi connectivity index (χ3n) is 14.0. The minimum absolute atomic E-state index is 0.00761. The van der Waals surface area contributed by atoms with Gasteiger partial charge in [0, 0.05) is 89.2 Å². The maximum Gasteiger partial charge on any atom is 0.258 e. The molecule has 0 saturated carbocycles. The molecular formula is C54H58Cl2N6O11S2Si. The van der Waals surface area contributed by atoms with Crippen molar-refractivity contribution in [3.8, 4) is 28.7 Å². The van der Waals surface area contributed by atoms with Crippen LogP contribution in [0, 0.1) is 0 Å². The van der Waals surface area contributed by atoms with Gasteiger partial charge in [-0.05, 0) is 96.5 Å². The van der Waals surface area contributed by atoms with E-state index in [4.69, 9.17) is 37.1 Å². The Morgan fingerprint density at radius 2 is 1.21 bits per heavy atom. The van der Waals surface area contributed by atoms with Gasteiger partial charge in [-0.15, -0.1) is 0 Å². The fourth-order valence-electron chi connectivity index (χ4n) is 8.86. The molecule has 17 nitrogen and oxygen atoms in total. The highest BCUT2D eigenvalue weighted by Crippen LogP contribution is 2.48. The number of sulfonamides is 2. The van der Waals surface area contributed by atoms with Crippen LogP contribution < -0.4 is 22.5 Å². The number of hydrogen-bond acceptors (Lipinski definition) is 13. The van der Waals surface area contributed by atoms with Gasteiger partial charge in [0.25, 0.3) is 11.8 Å². The Balaban J connectivity index is 0.000000220. The van der Waals surface area contributed by atoms with Crippen molar-refractivity contribution < 1.29 is 50.5 Å². The molecule has 2 aromatic heterocycles. The number of phenols is 2. The summed E-state index contributed by atoms with van der Waals surface area (Å²) < 4.78 is 71.1. The Labute approximate surface area is 453 Å². The summed E-state index contributed by atoms with van der Waals surface area (Å²) in [5, 5.41) is 22.8. The van der Waals surface area contributed by atoms with Crippen LogP contribution in [0.5, 0.6) is 28.7 Å². The quantitative estimate of drug-likeness (QED) is 0.0973. The highest BCUT2D eigenvalue weighted by molar-refractivity contribution is 7.92. The van der Waals surface area contributed by atoms with Crippen molar-refractivity contribution in [2.75, 3.05) is 42.3 Å². The van der Waals surface area contributed by atoms with Gasteiger partial charge in [-0.1, -0.05) is 56.1 Å². The molecule has 4 heterocycles. The number of phenolic OH excluding ortho intramolecular Hbond substituents is 2. The van der Waals surface area contributed by atoms with E-state index >= 15 is 0 Å². The van der Waals surface area contributed by atoms with Crippen molar-refractivity contribution >= 4 is 96.6 Å². The van der Waals surface area contributed by atoms with E-state index in [9.17, 15) is 36.6 Å². The molecule has 5 aromatic carbocycles. The molecular weight excluding hydrogens is 1070 g/mol. The lowest BCUT2D eigenvalue weighted by Crippen LogP contribution is -2.44. The summed E-state index contributed by atoms with van der Waals surface area (Å²) in [5.41, 5.74) is 4.53. The Hall–Kier alpha value is -6.84. The minimum atomic E-state index is -3.69. The van der Waals surface area contributed by atoms with Crippen LogP contribution in [-0.2, 0) is 52.8 Å². The van der Waals surface area contributed by atoms with E-state index in [-0.39, 0.29) is 66.3 Å². The number of benzene rings is 5. The molecule has 0 atom stereocenters. The second kappa shape index (κ2) is 20.9. The van der Waals surface area contributed by atoms with Crippen molar-refractivity contribution in [1.29, 1.82) is 0 Å². The van der Waals surface area contributed by atoms with Crippen LogP contribution in [0.1, 0.15) is 69.3 Å². The lowest BCUT2D eigenvalue weighted by atomic mass is 10.0. The van der Waals surface area contributed by atoms with E-state index in [0.717, 1.165) is 27.9 Å². The number of rotatable bonds is 14. The largest absolute Gasteiger partial charge is 0.543 e. The zero-order valence-electron chi connectivity index (χ0n) is 43.6. The monoisotopic (exact) mass is 1130 g/mol. The summed E-state index contributed by atoms with van der Waals surface area (Å²) in [6.45, 7) is 11.4. The Kier molecular flexibility index (Phi) is 15.3. The summed E-state index contributed by atoms with van der Waals surface area (Å²) in [6.07, 6.45) is 5.26. The van der Waals surface area contributed by atoms with Crippen molar-refractivity contribution in [2.45, 2.75) is 71.7 Å². The number of methoxy groups -OCH3 is 1. The Morgan fingerprint density at radius 1 is 0.711 bits per heavy atom. The van der Waals surface area contributed by atoms with Gasteiger partial charge in [0.2, 0.25) is 28.4 Å². The molecule has 0 unspecified atom stereocenters. The summed E-state index contributed by atoms with van der Waals surface area (Å²) >= 11 is 12.5. The maximum absolute atomic E-state index is 14.4. The number of anilines is 2. The molecule has 2 aliphatic heterocycles. The second-order valence-electron chi connectivity index (χ2n) is 20.2. The van der Waals surface area contributed by atoms with E-state index in [2.05, 4.69) is 43.8 Å². The van der Waals surface area contributed by atoms with Crippen LogP contribution in [-0.4, -0.2) is 101 Å². The second-order valence-corrected chi connectivity index (χ2v) is 29.8. The normalized spacial score (nSPS) is 13.6. The zero-order valence-corrected chi connectivity index (χ0v) is 47.7. The van der Waals surface area contributed by atoms with Gasteiger partial charge in [-0.3, -0.25) is 28.2 Å². The maximum atomic E-state index is 14.4. The van der Waals surface area contributed by atoms with E-state index in [1.165, 1.54) is 41.6 Å². The van der Waals surface area contributed by atoms with Gasteiger partial charge in [0.15, 0.2) is 11.5 Å². The van der Waals surface area contributed by atoms with Crippen LogP contribution in [0.25, 0.3) is 21.8 Å². The fourth-order valence-corrected chi connectivity index (χ4v) is 11.4. The van der Waals surface area contributed by atoms with Crippen molar-refractivity contribution in [1.82, 2.24) is 19.8 Å². The predicted octanol–water partition coefficient (Wildman–Crippen LogP) is 10.3. The van der Waals surface area contributed by atoms with Gasteiger partial charge in [-0.25, -0.2) is 16.8 Å². The first kappa shape index (κ1) is 55.4. The molecule has 22 heteroatoms. The highest BCUT2D eigenvalue weighted by atomic mass is 35.5. The first-order valence-electron chi connectivity index (χ1n) is 23.8. The summed E-state index contributed by atoms with van der Waals surface area (Å²) in [7, 11) is -5.08. The third kappa shape index (κ3) is 10.9. The number of ether oxygens (including phenoxy) is 2. The van der Waals surface area contributed by atoms with Crippen molar-refractivity contribution in [2.24, 2.45) is 0 Å². The van der Waals surface area contributed by atoms with Crippen LogP contribution >= 0.6 is 23.2 Å². The SMILES string of the molecule is CN(c1c2c(c(O)c3ncccc13)C(=O)N(Cc1cc(Cl)ccc1O)C2)S(C)(=O)=O.COc1ccc(COc2c3c(c(N(C)S(C)(=O)=O)c4cccnc24)CN(Cc2cc(Cl)ccc2O[Si](C)(C)C(C)(C)C)C3=O)cc1. The Bertz CT molecular complexity index is 3690. The first-order chi connectivity index (χ1) is 35.6. The van der Waals surface area contributed by atoms with Crippen LogP contribution in [0.15, 0.2) is 97.3 Å². The molecule has 0 bridgehead atoms. The fraction of sp³-hybridized carbons (Fsp3) is 0.296. The number of aromatic nitrogens is 2. The number of halogens is 2. The zero-order chi connectivity index (χ0) is 55.4. The standard InChI is InChI=1S/C34H40ClN3O6SSi.C20H18ClN3O5S/c1-34(2,3)46(7,8)44-28-16-13-24(35)18-23(28)19-38-20-27-29(33(38)39)32(43-21-22-11-14-25(42-5)15-12-22)30-26(10-9-17-36-30)31(27)37(4)45(6,40)41;1-23(30(2,28)29)18-13-4-3-7-22-17(13)19(26)16-14(18)10-24(20(16)27)9-11-8-12(21)5-6-15(11)25/h9-18H,19-21H2,1-8H3;3-8,25-26H,9-10H2,1-2H3. The molecule has 76 heavy (non-hydrogen) atoms. The van der Waals surface area contributed by atoms with Crippen molar-refractivity contribution in [3.63, 3.8) is 0 Å². The topological polar surface area (TPSA) is 209 Å². The number of pyridine rings is 2. The smallest absolute Gasteiger partial charge is 0.258 e. The number of carbonyl (C=O) groups is 2. The van der Waals surface area contributed by atoms with Gasteiger partial charge in [-0.2, -0.15) is 0 Å². The Morgan fingerprint density at radius 3 is 1.76 bits per heavy atom. The molecule has 400 valence electrons. The third-order valence-corrected chi connectivity index (χ3v) is 21.2. The van der Waals surface area contributed by atoms with E-state index in [1.807, 2.05) is 36.4 Å². The van der Waals surface area contributed by atoms with Crippen LogP contribution in [0.4, 0.5) is 11.4 Å². The molecule has 0 fully saturated rings. The highest BCUT2D eigenvalue weighted by Gasteiger charge is 2.42. The van der Waals surface area contributed by atoms with E-state index in [1.54, 1.807) is 54.6 Å². The van der Waals surface area contributed by atoms with Crippen LogP contribution in [0.2, 0.25) is 28.2 Å². The summed E-state index contributed by atoms with van der Waals surface area (Å²) in [4.78, 5) is 39.4. The van der Waals surface area contributed by atoms with E-state index in [0.29, 0.717) is 77.2 Å².